The molecule has 114 valence electrons. The molecule has 0 fully saturated rings. The Hall–Kier alpha value is -1.93. The average Bonchev–Trinajstić information content (AvgIpc) is 2.63. The first-order valence-corrected chi connectivity index (χ1v) is 7.85. The fraction of sp³-hybridized carbons (Fsp3) is 0.385. The third-order valence-electron chi connectivity index (χ3n) is 3.30. The normalized spacial score (nSPS) is 12.0. The number of aryl methyl sites for hydroxylation is 2. The van der Waals surface area contributed by atoms with Gasteiger partial charge in [-0.05, 0) is 26.0 Å². The molecule has 0 radical (unpaired) electrons. The Kier molecular flexibility index (Phi) is 4.02. The van der Waals surface area contributed by atoms with E-state index in [-0.39, 0.29) is 17.3 Å². The predicted octanol–water partition coefficient (Wildman–Crippen LogP) is 0.835. The summed E-state index contributed by atoms with van der Waals surface area (Å²) in [6.45, 7) is 3.72. The second kappa shape index (κ2) is 5.45. The highest BCUT2D eigenvalue weighted by molar-refractivity contribution is 7.89. The number of rotatable bonds is 4. The van der Waals surface area contributed by atoms with E-state index in [1.165, 1.54) is 16.0 Å². The second-order valence-electron chi connectivity index (χ2n) is 4.95. The number of hydrogen-bond donors (Lipinski definition) is 1. The minimum Gasteiger partial charge on any atom is -0.381 e. The van der Waals surface area contributed by atoms with Crippen LogP contribution in [-0.4, -0.2) is 34.5 Å². The Bertz CT molecular complexity index is 767. The molecule has 0 atom stereocenters. The Balaban J connectivity index is 2.35. The predicted molar refractivity (Wildman–Crippen MR) is 80.0 cm³/mol. The SMILES string of the molecule is Cc1cccc(CN(C)S(=O)(=O)c2c(N)nn(C)c2C)n1. The van der Waals surface area contributed by atoms with Crippen molar-refractivity contribution in [3.05, 3.63) is 35.3 Å². The lowest BCUT2D eigenvalue weighted by Crippen LogP contribution is -2.28. The van der Waals surface area contributed by atoms with Gasteiger partial charge in [-0.25, -0.2) is 8.42 Å². The van der Waals surface area contributed by atoms with Gasteiger partial charge in [-0.3, -0.25) is 9.67 Å². The first kappa shape index (κ1) is 15.5. The number of nitrogens with zero attached hydrogens (tertiary/aromatic N) is 4. The van der Waals surface area contributed by atoms with Crippen LogP contribution in [0.5, 0.6) is 0 Å². The molecule has 8 heteroatoms. The number of pyridine rings is 1. The van der Waals surface area contributed by atoms with Gasteiger partial charge in [-0.15, -0.1) is 0 Å². The van der Waals surface area contributed by atoms with Crippen molar-refractivity contribution in [3.8, 4) is 0 Å². The molecule has 0 unspecified atom stereocenters. The van der Waals surface area contributed by atoms with E-state index >= 15 is 0 Å². The maximum Gasteiger partial charge on any atom is 0.248 e. The van der Waals surface area contributed by atoms with Gasteiger partial charge in [0.05, 0.1) is 17.9 Å². The number of aromatic nitrogens is 3. The lowest BCUT2D eigenvalue weighted by molar-refractivity contribution is 0.461. The van der Waals surface area contributed by atoms with Gasteiger partial charge in [0.2, 0.25) is 10.0 Å². The van der Waals surface area contributed by atoms with Crippen LogP contribution in [0.2, 0.25) is 0 Å². The summed E-state index contributed by atoms with van der Waals surface area (Å²) in [6, 6.07) is 5.50. The molecular weight excluding hydrogens is 290 g/mol. The Morgan fingerprint density at radius 2 is 2.00 bits per heavy atom. The molecule has 0 amide bonds. The summed E-state index contributed by atoms with van der Waals surface area (Å²) in [5.74, 6) is 0.0130. The van der Waals surface area contributed by atoms with Crippen molar-refractivity contribution < 1.29 is 8.42 Å². The molecule has 0 aliphatic heterocycles. The largest absolute Gasteiger partial charge is 0.381 e. The van der Waals surface area contributed by atoms with Gasteiger partial charge >= 0.3 is 0 Å². The Labute approximate surface area is 124 Å². The van der Waals surface area contributed by atoms with Crippen LogP contribution in [0.25, 0.3) is 0 Å². The van der Waals surface area contributed by atoms with Crippen LogP contribution < -0.4 is 5.73 Å². The van der Waals surface area contributed by atoms with Crippen molar-refractivity contribution in [2.45, 2.75) is 25.3 Å². The lowest BCUT2D eigenvalue weighted by Gasteiger charge is -2.17. The summed E-state index contributed by atoms with van der Waals surface area (Å²) in [7, 11) is -0.541. The van der Waals surface area contributed by atoms with E-state index in [9.17, 15) is 8.42 Å². The van der Waals surface area contributed by atoms with Gasteiger partial charge in [-0.1, -0.05) is 6.07 Å². The van der Waals surface area contributed by atoms with Crippen LogP contribution in [0, 0.1) is 13.8 Å². The molecule has 0 saturated heterocycles. The van der Waals surface area contributed by atoms with Gasteiger partial charge in [0.25, 0.3) is 0 Å². The number of hydrogen-bond acceptors (Lipinski definition) is 5. The van der Waals surface area contributed by atoms with Crippen molar-refractivity contribution in [1.29, 1.82) is 0 Å². The van der Waals surface area contributed by atoms with Gasteiger partial charge < -0.3 is 5.73 Å². The highest BCUT2D eigenvalue weighted by Crippen LogP contribution is 2.25. The molecule has 2 aromatic heterocycles. The summed E-state index contributed by atoms with van der Waals surface area (Å²) in [4.78, 5) is 4.37. The molecule has 0 saturated carbocycles. The maximum absolute atomic E-state index is 12.6. The second-order valence-corrected chi connectivity index (χ2v) is 6.94. The van der Waals surface area contributed by atoms with Crippen LogP contribution in [-0.2, 0) is 23.6 Å². The molecule has 21 heavy (non-hydrogen) atoms. The van der Waals surface area contributed by atoms with Crippen LogP contribution in [0.4, 0.5) is 5.82 Å². The summed E-state index contributed by atoms with van der Waals surface area (Å²) >= 11 is 0. The average molecular weight is 309 g/mol. The highest BCUT2D eigenvalue weighted by atomic mass is 32.2. The van der Waals surface area contributed by atoms with Gasteiger partial charge in [-0.2, -0.15) is 9.40 Å². The first-order valence-electron chi connectivity index (χ1n) is 6.41. The van der Waals surface area contributed by atoms with Gasteiger partial charge in [0, 0.05) is 19.8 Å². The Morgan fingerprint density at radius 1 is 1.33 bits per heavy atom. The van der Waals surface area contributed by atoms with Crippen molar-refractivity contribution in [2.75, 3.05) is 12.8 Å². The van der Waals surface area contributed by atoms with Gasteiger partial charge in [0.15, 0.2) is 5.82 Å². The van der Waals surface area contributed by atoms with Crippen molar-refractivity contribution in [1.82, 2.24) is 19.1 Å². The summed E-state index contributed by atoms with van der Waals surface area (Å²) in [5.41, 5.74) is 7.77. The van der Waals surface area contributed by atoms with Crippen LogP contribution in [0.15, 0.2) is 23.1 Å². The van der Waals surface area contributed by atoms with E-state index in [1.54, 1.807) is 20.0 Å². The molecule has 2 heterocycles. The van der Waals surface area contributed by atoms with Crippen LogP contribution >= 0.6 is 0 Å². The topological polar surface area (TPSA) is 94.1 Å². The molecule has 2 aromatic rings. The van der Waals surface area contributed by atoms with E-state index in [2.05, 4.69) is 10.1 Å². The zero-order valence-corrected chi connectivity index (χ0v) is 13.3. The minimum absolute atomic E-state index is 0.0130. The first-order chi connectivity index (χ1) is 9.73. The van der Waals surface area contributed by atoms with Crippen molar-refractivity contribution >= 4 is 15.8 Å². The van der Waals surface area contributed by atoms with Crippen LogP contribution in [0.3, 0.4) is 0 Å². The monoisotopic (exact) mass is 309 g/mol. The molecule has 0 aliphatic rings. The molecule has 7 nitrogen and oxygen atoms in total. The highest BCUT2D eigenvalue weighted by Gasteiger charge is 2.29. The summed E-state index contributed by atoms with van der Waals surface area (Å²) in [5, 5.41) is 3.95. The van der Waals surface area contributed by atoms with E-state index < -0.39 is 10.0 Å². The summed E-state index contributed by atoms with van der Waals surface area (Å²) in [6.07, 6.45) is 0. The minimum atomic E-state index is -3.71. The maximum atomic E-state index is 12.6. The zero-order chi connectivity index (χ0) is 15.8. The lowest BCUT2D eigenvalue weighted by atomic mass is 10.3. The number of nitrogens with two attached hydrogens (primary N) is 1. The molecule has 0 aromatic carbocycles. The Morgan fingerprint density at radius 3 is 2.52 bits per heavy atom. The molecule has 0 aliphatic carbocycles. The number of sulfonamides is 1. The van der Waals surface area contributed by atoms with Crippen LogP contribution in [0.1, 0.15) is 17.1 Å². The van der Waals surface area contributed by atoms with E-state index in [1.807, 2.05) is 19.1 Å². The van der Waals surface area contributed by atoms with Crippen molar-refractivity contribution in [2.24, 2.45) is 7.05 Å². The fourth-order valence-electron chi connectivity index (χ4n) is 2.09. The number of anilines is 1. The molecule has 2 rings (SSSR count). The standard InChI is InChI=1S/C13H19N5O2S/c1-9-6-5-7-11(15-9)8-17(3)21(19,20)12-10(2)18(4)16-13(12)14/h5-7H,8H2,1-4H3,(H2,14,16). The fourth-order valence-corrected chi connectivity index (χ4v) is 3.51. The smallest absolute Gasteiger partial charge is 0.248 e. The quantitative estimate of drug-likeness (QED) is 0.903. The third-order valence-corrected chi connectivity index (χ3v) is 5.27. The van der Waals surface area contributed by atoms with E-state index in [0.29, 0.717) is 11.4 Å². The summed E-state index contributed by atoms with van der Waals surface area (Å²) < 4.78 is 28.0. The number of nitrogen functional groups attached to an aromatic ring is 1. The molecule has 0 spiro atoms. The molecule has 0 bridgehead atoms. The van der Waals surface area contributed by atoms with E-state index in [0.717, 1.165) is 5.69 Å². The molecule has 2 N–H and O–H groups in total. The zero-order valence-electron chi connectivity index (χ0n) is 12.5. The third kappa shape index (κ3) is 2.91. The van der Waals surface area contributed by atoms with Gasteiger partial charge in [0.1, 0.15) is 4.90 Å². The van der Waals surface area contributed by atoms with E-state index in [4.69, 9.17) is 5.73 Å². The molecular formula is C13H19N5O2S. The van der Waals surface area contributed by atoms with Crippen molar-refractivity contribution in [3.63, 3.8) is 0 Å².